The second kappa shape index (κ2) is 7.97. The van der Waals surface area contributed by atoms with Crippen LogP contribution in [0.4, 0.5) is 4.79 Å². The number of benzene rings is 1. The van der Waals surface area contributed by atoms with Crippen molar-refractivity contribution in [2.24, 2.45) is 0 Å². The lowest BCUT2D eigenvalue weighted by molar-refractivity contribution is 0.117. The zero-order valence-corrected chi connectivity index (χ0v) is 13.7. The molecule has 24 heavy (non-hydrogen) atoms. The number of urea groups is 1. The number of carbonyl (C=O) groups is 1. The molecule has 0 saturated heterocycles. The second-order valence-electron chi connectivity index (χ2n) is 6.36. The van der Waals surface area contributed by atoms with E-state index in [-0.39, 0.29) is 18.2 Å². The number of hydrogen-bond donors (Lipinski definition) is 3. The number of nitrogens with zero attached hydrogens (tertiary/aromatic N) is 2. The second-order valence-corrected chi connectivity index (χ2v) is 6.36. The number of aromatic nitrogens is 2. The Hall–Kier alpha value is -2.34. The van der Waals surface area contributed by atoms with Gasteiger partial charge in [-0.25, -0.2) is 4.79 Å². The molecule has 1 heterocycles. The van der Waals surface area contributed by atoms with Gasteiger partial charge in [0.1, 0.15) is 0 Å². The molecule has 2 amide bonds. The number of carbonyl (C=O) groups excluding carboxylic acids is 1. The fourth-order valence-electron chi connectivity index (χ4n) is 2.99. The third-order valence-electron chi connectivity index (χ3n) is 4.36. The Morgan fingerprint density at radius 1 is 1.17 bits per heavy atom. The highest BCUT2D eigenvalue weighted by atomic mass is 16.3. The van der Waals surface area contributed by atoms with Crippen LogP contribution in [-0.2, 0) is 13.1 Å². The van der Waals surface area contributed by atoms with Gasteiger partial charge in [0.2, 0.25) is 0 Å². The molecule has 1 saturated carbocycles. The van der Waals surface area contributed by atoms with E-state index < -0.39 is 0 Å². The third kappa shape index (κ3) is 4.83. The van der Waals surface area contributed by atoms with E-state index in [1.807, 2.05) is 29.1 Å². The average molecular weight is 328 g/mol. The van der Waals surface area contributed by atoms with E-state index in [0.29, 0.717) is 6.54 Å². The first-order chi connectivity index (χ1) is 11.7. The summed E-state index contributed by atoms with van der Waals surface area (Å²) in [6.07, 6.45) is 6.72. The standard InChI is InChI=1S/C18H24N4O2/c23-17-8-6-16(7-9-17)21-18(24)19-10-15-11-20-22(13-15)12-14-4-2-1-3-5-14/h1-5,11,13,16-17,23H,6-10,12H2,(H2,19,21,24). The van der Waals surface area contributed by atoms with Crippen LogP contribution in [0.25, 0.3) is 0 Å². The molecule has 1 fully saturated rings. The van der Waals surface area contributed by atoms with Crippen molar-refractivity contribution < 1.29 is 9.90 Å². The van der Waals surface area contributed by atoms with Gasteiger partial charge in [-0.05, 0) is 31.2 Å². The van der Waals surface area contributed by atoms with Crippen molar-refractivity contribution >= 4 is 6.03 Å². The normalized spacial score (nSPS) is 20.5. The van der Waals surface area contributed by atoms with E-state index >= 15 is 0 Å². The average Bonchev–Trinajstić information content (AvgIpc) is 3.03. The van der Waals surface area contributed by atoms with Gasteiger partial charge in [-0.15, -0.1) is 0 Å². The van der Waals surface area contributed by atoms with E-state index in [1.165, 1.54) is 5.56 Å². The van der Waals surface area contributed by atoms with Crippen molar-refractivity contribution in [1.82, 2.24) is 20.4 Å². The lowest BCUT2D eigenvalue weighted by Gasteiger charge is -2.26. The summed E-state index contributed by atoms with van der Waals surface area (Å²) in [5.41, 5.74) is 2.16. The van der Waals surface area contributed by atoms with Gasteiger partial charge >= 0.3 is 6.03 Å². The van der Waals surface area contributed by atoms with Crippen molar-refractivity contribution in [3.05, 3.63) is 53.9 Å². The van der Waals surface area contributed by atoms with Gasteiger partial charge in [0, 0.05) is 24.3 Å². The molecule has 128 valence electrons. The zero-order chi connectivity index (χ0) is 16.8. The molecule has 3 rings (SSSR count). The van der Waals surface area contributed by atoms with Gasteiger partial charge in [0.25, 0.3) is 0 Å². The molecule has 6 heteroatoms. The maximum Gasteiger partial charge on any atom is 0.315 e. The predicted molar refractivity (Wildman–Crippen MR) is 91.4 cm³/mol. The molecule has 0 bridgehead atoms. The first kappa shape index (κ1) is 16.5. The maximum absolute atomic E-state index is 12.0. The molecule has 2 aromatic rings. The molecular weight excluding hydrogens is 304 g/mol. The summed E-state index contributed by atoms with van der Waals surface area (Å²) in [7, 11) is 0. The molecule has 0 aliphatic heterocycles. The van der Waals surface area contributed by atoms with Gasteiger partial charge in [0.05, 0.1) is 18.8 Å². The lowest BCUT2D eigenvalue weighted by Crippen LogP contribution is -2.43. The van der Waals surface area contributed by atoms with Crippen LogP contribution in [0.2, 0.25) is 0 Å². The van der Waals surface area contributed by atoms with Crippen molar-refractivity contribution in [2.75, 3.05) is 0 Å². The van der Waals surface area contributed by atoms with Gasteiger partial charge in [0.15, 0.2) is 0 Å². The molecule has 0 radical (unpaired) electrons. The minimum atomic E-state index is -0.207. The van der Waals surface area contributed by atoms with Crippen LogP contribution in [0, 0.1) is 0 Å². The number of rotatable bonds is 5. The Labute approximate surface area is 141 Å². The van der Waals surface area contributed by atoms with Crippen LogP contribution < -0.4 is 10.6 Å². The molecule has 0 atom stereocenters. The van der Waals surface area contributed by atoms with Crippen molar-refractivity contribution in [1.29, 1.82) is 0 Å². The fourth-order valence-corrected chi connectivity index (χ4v) is 2.99. The van der Waals surface area contributed by atoms with Crippen molar-refractivity contribution in [2.45, 2.75) is 50.9 Å². The molecular formula is C18H24N4O2. The Morgan fingerprint density at radius 3 is 2.67 bits per heavy atom. The monoisotopic (exact) mass is 328 g/mol. The highest BCUT2D eigenvalue weighted by molar-refractivity contribution is 5.74. The van der Waals surface area contributed by atoms with Crippen LogP contribution in [0.3, 0.4) is 0 Å². The van der Waals surface area contributed by atoms with Crippen LogP contribution in [0.1, 0.15) is 36.8 Å². The number of aliphatic hydroxyl groups is 1. The van der Waals surface area contributed by atoms with Crippen LogP contribution in [0.15, 0.2) is 42.7 Å². The summed E-state index contributed by atoms with van der Waals surface area (Å²) in [5, 5.41) is 19.7. The summed E-state index contributed by atoms with van der Waals surface area (Å²) in [6, 6.07) is 10.1. The Kier molecular flexibility index (Phi) is 5.48. The molecule has 6 nitrogen and oxygen atoms in total. The Bertz CT molecular complexity index is 648. The minimum absolute atomic E-state index is 0.160. The highest BCUT2D eigenvalue weighted by Gasteiger charge is 2.20. The SMILES string of the molecule is O=C(NCc1cnn(Cc2ccccc2)c1)NC1CCC(O)CC1. The minimum Gasteiger partial charge on any atom is -0.393 e. The molecule has 1 aliphatic carbocycles. The number of hydrogen-bond acceptors (Lipinski definition) is 3. The van der Waals surface area contributed by atoms with Gasteiger partial charge in [-0.2, -0.15) is 5.10 Å². The molecule has 0 unspecified atom stereocenters. The number of nitrogens with one attached hydrogen (secondary N) is 2. The first-order valence-corrected chi connectivity index (χ1v) is 8.47. The van der Waals surface area contributed by atoms with Crippen LogP contribution in [0.5, 0.6) is 0 Å². The van der Waals surface area contributed by atoms with Crippen LogP contribution >= 0.6 is 0 Å². The number of aliphatic hydroxyl groups excluding tert-OH is 1. The van der Waals surface area contributed by atoms with Gasteiger partial charge < -0.3 is 15.7 Å². The quantitative estimate of drug-likeness (QED) is 0.786. The molecule has 1 aliphatic rings. The first-order valence-electron chi connectivity index (χ1n) is 8.47. The summed E-state index contributed by atoms with van der Waals surface area (Å²) >= 11 is 0. The smallest absolute Gasteiger partial charge is 0.315 e. The third-order valence-corrected chi connectivity index (χ3v) is 4.36. The largest absolute Gasteiger partial charge is 0.393 e. The topological polar surface area (TPSA) is 79.2 Å². The van der Waals surface area contributed by atoms with Gasteiger partial charge in [-0.1, -0.05) is 30.3 Å². The van der Waals surface area contributed by atoms with E-state index in [2.05, 4.69) is 27.9 Å². The Balaban J connectivity index is 1.42. The predicted octanol–water partition coefficient (Wildman–Crippen LogP) is 2.03. The molecule has 1 aromatic carbocycles. The summed E-state index contributed by atoms with van der Waals surface area (Å²) in [5.74, 6) is 0. The molecule has 0 spiro atoms. The van der Waals surface area contributed by atoms with E-state index in [4.69, 9.17) is 0 Å². The van der Waals surface area contributed by atoms with E-state index in [1.54, 1.807) is 6.20 Å². The fraction of sp³-hybridized carbons (Fsp3) is 0.444. The summed E-state index contributed by atoms with van der Waals surface area (Å²) in [6.45, 7) is 1.17. The van der Waals surface area contributed by atoms with Crippen LogP contribution in [-0.4, -0.2) is 33.1 Å². The van der Waals surface area contributed by atoms with E-state index in [9.17, 15) is 9.90 Å². The zero-order valence-electron chi connectivity index (χ0n) is 13.7. The lowest BCUT2D eigenvalue weighted by atomic mass is 9.93. The molecule has 3 N–H and O–H groups in total. The highest BCUT2D eigenvalue weighted by Crippen LogP contribution is 2.18. The summed E-state index contributed by atoms with van der Waals surface area (Å²) < 4.78 is 1.87. The molecule has 1 aromatic heterocycles. The van der Waals surface area contributed by atoms with E-state index in [0.717, 1.165) is 37.8 Å². The Morgan fingerprint density at radius 2 is 1.92 bits per heavy atom. The van der Waals surface area contributed by atoms with Gasteiger partial charge in [-0.3, -0.25) is 4.68 Å². The number of amides is 2. The summed E-state index contributed by atoms with van der Waals surface area (Å²) in [4.78, 5) is 12.0. The van der Waals surface area contributed by atoms with Crippen molar-refractivity contribution in [3.63, 3.8) is 0 Å². The maximum atomic E-state index is 12.0. The van der Waals surface area contributed by atoms with Crippen molar-refractivity contribution in [3.8, 4) is 0 Å².